The van der Waals surface area contributed by atoms with E-state index in [1.54, 1.807) is 0 Å². The summed E-state index contributed by atoms with van der Waals surface area (Å²) in [5.41, 5.74) is 3.37. The van der Waals surface area contributed by atoms with Gasteiger partial charge < -0.3 is 14.0 Å². The number of pyridine rings is 1. The van der Waals surface area contributed by atoms with Gasteiger partial charge in [-0.3, -0.25) is 4.90 Å². The van der Waals surface area contributed by atoms with Crippen molar-refractivity contribution in [1.29, 1.82) is 5.26 Å². The Morgan fingerprint density at radius 1 is 1.03 bits per heavy atom. The molecule has 3 aromatic heterocycles. The summed E-state index contributed by atoms with van der Waals surface area (Å²) in [6, 6.07) is 20.4. The van der Waals surface area contributed by atoms with Crippen LogP contribution in [0.2, 0.25) is 0 Å². The molecule has 184 valence electrons. The molecule has 8 heteroatoms. The molecule has 2 saturated heterocycles. The van der Waals surface area contributed by atoms with E-state index in [9.17, 15) is 0 Å². The number of para-hydroxylation sites is 2. The van der Waals surface area contributed by atoms with E-state index in [0.717, 1.165) is 74.0 Å². The van der Waals surface area contributed by atoms with E-state index in [-0.39, 0.29) is 0 Å². The summed E-state index contributed by atoms with van der Waals surface area (Å²) in [6.07, 6.45) is 3.57. The monoisotopic (exact) mass is 499 g/mol. The Bertz CT molecular complexity index is 1380. The third-order valence-electron chi connectivity index (χ3n) is 7.16. The summed E-state index contributed by atoms with van der Waals surface area (Å²) < 4.78 is 14.0. The molecule has 6 rings (SSSR count). The maximum Gasteiger partial charge on any atom is 0.213 e. The smallest absolute Gasteiger partial charge is 0.213 e. The first-order valence-electron chi connectivity index (χ1n) is 12.6. The first-order valence-corrected chi connectivity index (χ1v) is 13.4. The highest BCUT2D eigenvalue weighted by Gasteiger charge is 2.25. The van der Waals surface area contributed by atoms with Gasteiger partial charge in [0.15, 0.2) is 0 Å². The number of nitriles is 1. The van der Waals surface area contributed by atoms with E-state index in [1.165, 1.54) is 16.9 Å². The summed E-state index contributed by atoms with van der Waals surface area (Å²) in [5.74, 6) is 2.21. The van der Waals surface area contributed by atoms with Gasteiger partial charge in [0, 0.05) is 29.2 Å². The number of ether oxygens (including phenoxy) is 2. The second-order valence-electron chi connectivity index (χ2n) is 9.53. The number of hydrogen-bond donors (Lipinski definition) is 0. The summed E-state index contributed by atoms with van der Waals surface area (Å²) in [5, 5.41) is 9.01. The van der Waals surface area contributed by atoms with Crippen molar-refractivity contribution in [1.82, 2.24) is 19.4 Å². The number of thiophene rings is 1. The normalized spacial score (nSPS) is 18.7. The molecule has 2 aliphatic heterocycles. The van der Waals surface area contributed by atoms with Crippen LogP contribution < -0.4 is 4.74 Å². The molecule has 36 heavy (non-hydrogen) atoms. The number of benzene rings is 1. The van der Waals surface area contributed by atoms with E-state index in [1.807, 2.05) is 24.3 Å². The predicted octanol–water partition coefficient (Wildman–Crippen LogP) is 5.11. The lowest BCUT2D eigenvalue weighted by atomic mass is 9.93. The predicted molar refractivity (Wildman–Crippen MR) is 139 cm³/mol. The van der Waals surface area contributed by atoms with E-state index in [4.69, 9.17) is 24.7 Å². The Morgan fingerprint density at radius 2 is 1.89 bits per heavy atom. The van der Waals surface area contributed by atoms with Gasteiger partial charge in [-0.1, -0.05) is 18.2 Å². The summed E-state index contributed by atoms with van der Waals surface area (Å²) >= 11 is 1.46. The number of piperidine rings is 1. The molecule has 0 saturated carbocycles. The molecule has 1 aromatic carbocycles. The van der Waals surface area contributed by atoms with Crippen molar-refractivity contribution in [3.05, 3.63) is 75.9 Å². The maximum absolute atomic E-state index is 9.01. The average molecular weight is 500 g/mol. The van der Waals surface area contributed by atoms with Gasteiger partial charge in [-0.2, -0.15) is 5.26 Å². The lowest BCUT2D eigenvalue weighted by Crippen LogP contribution is -2.35. The van der Waals surface area contributed by atoms with Crippen LogP contribution in [0.15, 0.2) is 54.6 Å². The fraction of sp³-hybridized carbons (Fsp3) is 0.393. The molecule has 0 N–H and O–H groups in total. The molecule has 0 amide bonds. The number of likely N-dealkylation sites (tertiary alicyclic amines) is 1. The van der Waals surface area contributed by atoms with Crippen LogP contribution >= 0.6 is 11.3 Å². The van der Waals surface area contributed by atoms with Gasteiger partial charge in [0.1, 0.15) is 23.4 Å². The highest BCUT2D eigenvalue weighted by atomic mass is 32.1. The fourth-order valence-corrected chi connectivity index (χ4v) is 5.79. The van der Waals surface area contributed by atoms with Gasteiger partial charge in [-0.15, -0.1) is 11.3 Å². The summed E-state index contributed by atoms with van der Waals surface area (Å²) in [4.78, 5) is 14.0. The zero-order valence-electron chi connectivity index (χ0n) is 20.2. The first kappa shape index (κ1) is 23.2. The Hall–Kier alpha value is -3.25. The number of imidazole rings is 1. The molecule has 7 nitrogen and oxygen atoms in total. The van der Waals surface area contributed by atoms with Gasteiger partial charge in [-0.05, 0) is 62.7 Å². The summed E-state index contributed by atoms with van der Waals surface area (Å²) in [6.45, 7) is 5.09. The number of nitrogens with zero attached hydrogens (tertiary/aromatic N) is 5. The molecule has 2 aliphatic rings. The number of aromatic nitrogens is 3. The molecule has 5 heterocycles. The molecule has 1 atom stereocenters. The van der Waals surface area contributed by atoms with Crippen LogP contribution in [0.5, 0.6) is 5.88 Å². The molecule has 0 aliphatic carbocycles. The molecule has 0 bridgehead atoms. The maximum atomic E-state index is 9.01. The molecule has 4 aromatic rings. The number of rotatable bonds is 8. The fourth-order valence-electron chi connectivity index (χ4n) is 5.07. The first-order chi connectivity index (χ1) is 17.7. The number of hydrogen-bond acceptors (Lipinski definition) is 7. The second-order valence-corrected chi connectivity index (χ2v) is 10.7. The van der Waals surface area contributed by atoms with Gasteiger partial charge in [0.2, 0.25) is 5.88 Å². The van der Waals surface area contributed by atoms with Crippen LogP contribution in [-0.4, -0.2) is 45.2 Å². The third-order valence-corrected chi connectivity index (χ3v) is 8.13. The highest BCUT2D eigenvalue weighted by Crippen LogP contribution is 2.30. The van der Waals surface area contributed by atoms with Gasteiger partial charge in [0.05, 0.1) is 30.2 Å². The van der Waals surface area contributed by atoms with E-state index < -0.39 is 0 Å². The van der Waals surface area contributed by atoms with Crippen LogP contribution in [-0.2, 0) is 24.4 Å². The lowest BCUT2D eigenvalue weighted by Gasteiger charge is -2.32. The third kappa shape index (κ3) is 5.00. The minimum absolute atomic E-state index is 0.306. The van der Waals surface area contributed by atoms with Crippen molar-refractivity contribution in [2.45, 2.75) is 51.0 Å². The molecule has 2 fully saturated rings. The van der Waals surface area contributed by atoms with Gasteiger partial charge in [-0.25, -0.2) is 9.97 Å². The molecule has 0 radical (unpaired) electrons. The van der Waals surface area contributed by atoms with Crippen molar-refractivity contribution in [3.63, 3.8) is 0 Å². The van der Waals surface area contributed by atoms with E-state index in [0.29, 0.717) is 29.4 Å². The van der Waals surface area contributed by atoms with E-state index >= 15 is 0 Å². The largest absolute Gasteiger partial charge is 0.472 e. The number of fused-ring (bicyclic) bond motifs is 1. The minimum atomic E-state index is 0.306. The molecular formula is C28H29N5O2S. The Morgan fingerprint density at radius 3 is 2.67 bits per heavy atom. The second kappa shape index (κ2) is 10.4. The quantitative estimate of drug-likeness (QED) is 0.335. The van der Waals surface area contributed by atoms with Gasteiger partial charge >= 0.3 is 0 Å². The van der Waals surface area contributed by atoms with Crippen LogP contribution in [0, 0.1) is 11.3 Å². The topological polar surface area (TPSA) is 76.2 Å². The lowest BCUT2D eigenvalue weighted by molar-refractivity contribution is -0.0592. The van der Waals surface area contributed by atoms with Crippen LogP contribution in [0.3, 0.4) is 0 Å². The molecule has 0 spiro atoms. The van der Waals surface area contributed by atoms with Crippen LogP contribution in [0.1, 0.15) is 46.5 Å². The highest BCUT2D eigenvalue weighted by molar-refractivity contribution is 7.12. The van der Waals surface area contributed by atoms with Crippen LogP contribution in [0.25, 0.3) is 11.0 Å². The van der Waals surface area contributed by atoms with Crippen LogP contribution in [0.4, 0.5) is 0 Å². The Labute approximate surface area is 214 Å². The zero-order valence-corrected chi connectivity index (χ0v) is 21.0. The van der Waals surface area contributed by atoms with Gasteiger partial charge in [0.25, 0.3) is 0 Å². The van der Waals surface area contributed by atoms with E-state index in [2.05, 4.69) is 45.9 Å². The van der Waals surface area contributed by atoms with Crippen molar-refractivity contribution in [3.8, 4) is 11.9 Å². The summed E-state index contributed by atoms with van der Waals surface area (Å²) in [7, 11) is 0. The van der Waals surface area contributed by atoms with Crippen molar-refractivity contribution >= 4 is 22.4 Å². The molecular weight excluding hydrogens is 470 g/mol. The Balaban J connectivity index is 1.08. The Kier molecular flexibility index (Phi) is 6.69. The van der Waals surface area contributed by atoms with Crippen molar-refractivity contribution < 1.29 is 9.47 Å². The van der Waals surface area contributed by atoms with Crippen molar-refractivity contribution in [2.75, 3.05) is 19.7 Å². The molecule has 0 unspecified atom stereocenters. The standard InChI is InChI=1S/C28H29N5O2S/c29-16-22-8-9-23(36-22)19-35-28-7-3-5-24(31-28)20-10-13-32(14-11-20)18-27-30-25-4-1-2-6-26(25)33(27)17-21-12-15-34-21/h1-9,20-21H,10-15,17-19H2/t21-/m0/s1. The minimum Gasteiger partial charge on any atom is -0.472 e. The zero-order chi connectivity index (χ0) is 24.3. The average Bonchev–Trinajstić information content (AvgIpc) is 3.50. The van der Waals surface area contributed by atoms with Crippen molar-refractivity contribution in [2.24, 2.45) is 0 Å². The SMILES string of the molecule is N#Cc1ccc(COc2cccc(C3CCN(Cc4nc5ccccc5n4C[C@@H]4CCO4)CC3)n2)s1.